The Bertz CT molecular complexity index is 758. The van der Waals surface area contributed by atoms with Crippen molar-refractivity contribution in [2.45, 2.75) is 43.5 Å². The maximum Gasteiger partial charge on any atom is 0.226 e. The fourth-order valence-corrected chi connectivity index (χ4v) is 4.45. The SMILES string of the molecule is CCc1nc([C@@H]2CCCN2CCCS(=O)(=O)c2ccccc2)no1. The predicted molar refractivity (Wildman–Crippen MR) is 90.3 cm³/mol. The maximum atomic E-state index is 12.3. The zero-order chi connectivity index (χ0) is 17.0. The highest BCUT2D eigenvalue weighted by atomic mass is 32.2. The van der Waals surface area contributed by atoms with Crippen LogP contribution in [0.3, 0.4) is 0 Å². The highest BCUT2D eigenvalue weighted by Crippen LogP contribution is 2.30. The molecule has 2 aromatic rings. The van der Waals surface area contributed by atoms with E-state index >= 15 is 0 Å². The van der Waals surface area contributed by atoms with Gasteiger partial charge in [-0.05, 0) is 44.5 Å². The number of benzene rings is 1. The number of hydrogen-bond acceptors (Lipinski definition) is 6. The second kappa shape index (κ2) is 7.44. The average Bonchev–Trinajstić information content (AvgIpc) is 3.24. The summed E-state index contributed by atoms with van der Waals surface area (Å²) in [5.74, 6) is 1.55. The van der Waals surface area contributed by atoms with Gasteiger partial charge in [-0.2, -0.15) is 4.98 Å². The van der Waals surface area contributed by atoms with Gasteiger partial charge in [0.25, 0.3) is 0 Å². The van der Waals surface area contributed by atoms with Crippen LogP contribution in [0, 0.1) is 0 Å². The third-order valence-corrected chi connectivity index (χ3v) is 6.23. The topological polar surface area (TPSA) is 76.3 Å². The van der Waals surface area contributed by atoms with Gasteiger partial charge >= 0.3 is 0 Å². The van der Waals surface area contributed by atoms with Gasteiger partial charge in [0.15, 0.2) is 15.7 Å². The minimum absolute atomic E-state index is 0.147. The number of aryl methyl sites for hydroxylation is 1. The molecule has 1 aromatic heterocycles. The van der Waals surface area contributed by atoms with Gasteiger partial charge in [-0.1, -0.05) is 30.3 Å². The Morgan fingerprint density at radius 2 is 2.08 bits per heavy atom. The first-order chi connectivity index (χ1) is 11.6. The molecule has 1 aromatic carbocycles. The third-order valence-electron chi connectivity index (χ3n) is 4.41. The van der Waals surface area contributed by atoms with Crippen LogP contribution in [0.2, 0.25) is 0 Å². The van der Waals surface area contributed by atoms with Crippen LogP contribution in [0.15, 0.2) is 39.8 Å². The first-order valence-corrected chi connectivity index (χ1v) is 10.1. The summed E-state index contributed by atoms with van der Waals surface area (Å²) in [6.45, 7) is 3.66. The summed E-state index contributed by atoms with van der Waals surface area (Å²) < 4.78 is 29.9. The summed E-state index contributed by atoms with van der Waals surface area (Å²) >= 11 is 0. The molecule has 24 heavy (non-hydrogen) atoms. The molecule has 3 rings (SSSR count). The standard InChI is InChI=1S/C17H23N3O3S/c1-2-16-18-17(19-23-16)15-10-6-11-20(15)12-7-13-24(21,22)14-8-4-3-5-9-14/h3-5,8-9,15H,2,6-7,10-13H2,1H3/t15-/m0/s1. The Labute approximate surface area is 142 Å². The molecule has 0 saturated carbocycles. The van der Waals surface area contributed by atoms with Gasteiger partial charge in [-0.25, -0.2) is 8.42 Å². The number of rotatable bonds is 7. The van der Waals surface area contributed by atoms with Crippen LogP contribution in [0.1, 0.15) is 43.9 Å². The largest absolute Gasteiger partial charge is 0.339 e. The summed E-state index contributed by atoms with van der Waals surface area (Å²) in [7, 11) is -3.21. The second-order valence-electron chi connectivity index (χ2n) is 6.08. The van der Waals surface area contributed by atoms with E-state index in [0.717, 1.165) is 38.2 Å². The zero-order valence-electron chi connectivity index (χ0n) is 13.9. The van der Waals surface area contributed by atoms with E-state index in [4.69, 9.17) is 4.52 Å². The van der Waals surface area contributed by atoms with Crippen LogP contribution in [-0.2, 0) is 16.3 Å². The maximum absolute atomic E-state index is 12.3. The van der Waals surface area contributed by atoms with Gasteiger partial charge in [0.1, 0.15) is 0 Å². The van der Waals surface area contributed by atoms with E-state index in [0.29, 0.717) is 17.2 Å². The molecular weight excluding hydrogens is 326 g/mol. The van der Waals surface area contributed by atoms with Crippen molar-refractivity contribution < 1.29 is 12.9 Å². The lowest BCUT2D eigenvalue weighted by molar-refractivity contribution is 0.243. The molecule has 2 heterocycles. The fourth-order valence-electron chi connectivity index (χ4n) is 3.14. The molecule has 0 bridgehead atoms. The van der Waals surface area contributed by atoms with Gasteiger partial charge in [-0.3, -0.25) is 4.90 Å². The van der Waals surface area contributed by atoms with Crippen molar-refractivity contribution in [1.82, 2.24) is 15.0 Å². The van der Waals surface area contributed by atoms with Crippen LogP contribution in [0.5, 0.6) is 0 Å². The molecule has 0 amide bonds. The molecule has 6 nitrogen and oxygen atoms in total. The van der Waals surface area contributed by atoms with Crippen molar-refractivity contribution in [2.24, 2.45) is 0 Å². The summed E-state index contributed by atoms with van der Waals surface area (Å²) in [5, 5.41) is 4.08. The predicted octanol–water partition coefficient (Wildman–Crippen LogP) is 2.63. The van der Waals surface area contributed by atoms with Crippen molar-refractivity contribution in [3.63, 3.8) is 0 Å². The molecular formula is C17H23N3O3S. The van der Waals surface area contributed by atoms with Gasteiger partial charge in [0.05, 0.1) is 16.7 Å². The van der Waals surface area contributed by atoms with Crippen LogP contribution >= 0.6 is 0 Å². The number of nitrogens with zero attached hydrogens (tertiary/aromatic N) is 3. The van der Waals surface area contributed by atoms with E-state index in [9.17, 15) is 8.42 Å². The van der Waals surface area contributed by atoms with Crippen molar-refractivity contribution in [2.75, 3.05) is 18.8 Å². The fraction of sp³-hybridized carbons (Fsp3) is 0.529. The van der Waals surface area contributed by atoms with Gasteiger partial charge in [0, 0.05) is 6.42 Å². The third kappa shape index (κ3) is 3.84. The van der Waals surface area contributed by atoms with E-state index < -0.39 is 9.84 Å². The number of sulfone groups is 1. The van der Waals surface area contributed by atoms with Crippen LogP contribution < -0.4 is 0 Å². The molecule has 0 unspecified atom stereocenters. The smallest absolute Gasteiger partial charge is 0.226 e. The van der Waals surface area contributed by atoms with Crippen molar-refractivity contribution in [3.05, 3.63) is 42.0 Å². The van der Waals surface area contributed by atoms with E-state index in [1.165, 1.54) is 0 Å². The first-order valence-electron chi connectivity index (χ1n) is 8.44. The number of aromatic nitrogens is 2. The van der Waals surface area contributed by atoms with Gasteiger partial charge < -0.3 is 4.52 Å². The van der Waals surface area contributed by atoms with E-state index in [-0.39, 0.29) is 11.8 Å². The molecule has 1 saturated heterocycles. The molecule has 0 aliphatic carbocycles. The molecule has 0 spiro atoms. The molecule has 0 radical (unpaired) electrons. The van der Waals surface area contributed by atoms with Gasteiger partial charge in [0.2, 0.25) is 5.89 Å². The van der Waals surface area contributed by atoms with Crippen molar-refractivity contribution >= 4 is 9.84 Å². The Kier molecular flexibility index (Phi) is 5.30. The summed E-state index contributed by atoms with van der Waals surface area (Å²) in [6.07, 6.45) is 3.40. The van der Waals surface area contributed by atoms with Crippen molar-refractivity contribution in [1.29, 1.82) is 0 Å². The summed E-state index contributed by atoms with van der Waals surface area (Å²) in [6, 6.07) is 8.78. The molecule has 130 valence electrons. The monoisotopic (exact) mass is 349 g/mol. The number of hydrogen-bond donors (Lipinski definition) is 0. The van der Waals surface area contributed by atoms with Crippen LogP contribution in [0.25, 0.3) is 0 Å². The number of likely N-dealkylation sites (tertiary alicyclic amines) is 1. The lowest BCUT2D eigenvalue weighted by Crippen LogP contribution is -2.26. The van der Waals surface area contributed by atoms with Gasteiger partial charge in [-0.15, -0.1) is 0 Å². The lowest BCUT2D eigenvalue weighted by atomic mass is 10.2. The first kappa shape index (κ1) is 17.1. The molecule has 1 aliphatic rings. The minimum atomic E-state index is -3.21. The van der Waals surface area contributed by atoms with Crippen LogP contribution in [0.4, 0.5) is 0 Å². The highest BCUT2D eigenvalue weighted by molar-refractivity contribution is 7.91. The highest BCUT2D eigenvalue weighted by Gasteiger charge is 2.29. The van der Waals surface area contributed by atoms with Crippen molar-refractivity contribution in [3.8, 4) is 0 Å². The lowest BCUT2D eigenvalue weighted by Gasteiger charge is -2.21. The van der Waals surface area contributed by atoms with E-state index in [1.807, 2.05) is 13.0 Å². The Morgan fingerprint density at radius 3 is 2.79 bits per heavy atom. The molecule has 1 atom stereocenters. The average molecular weight is 349 g/mol. The van der Waals surface area contributed by atoms with Crippen LogP contribution in [-0.4, -0.2) is 42.3 Å². The molecule has 7 heteroatoms. The Morgan fingerprint density at radius 1 is 1.29 bits per heavy atom. The Balaban J connectivity index is 1.58. The molecule has 1 fully saturated rings. The summed E-state index contributed by atoms with van der Waals surface area (Å²) in [5.41, 5.74) is 0. The second-order valence-corrected chi connectivity index (χ2v) is 8.19. The Hall–Kier alpha value is -1.73. The zero-order valence-corrected chi connectivity index (χ0v) is 14.7. The van der Waals surface area contributed by atoms with E-state index in [1.54, 1.807) is 24.3 Å². The van der Waals surface area contributed by atoms with E-state index in [2.05, 4.69) is 15.0 Å². The summed E-state index contributed by atoms with van der Waals surface area (Å²) in [4.78, 5) is 7.09. The molecule has 0 N–H and O–H groups in total. The quantitative estimate of drug-likeness (QED) is 0.765. The molecule has 1 aliphatic heterocycles. The minimum Gasteiger partial charge on any atom is -0.339 e. The normalized spacial score (nSPS) is 19.0.